The molecule has 1 heterocycles. The molecule has 86 valence electrons. The highest BCUT2D eigenvalue weighted by Gasteiger charge is 2.33. The van der Waals surface area contributed by atoms with E-state index in [-0.39, 0.29) is 5.82 Å². The van der Waals surface area contributed by atoms with Crippen molar-refractivity contribution in [2.45, 2.75) is 6.18 Å². The maximum atomic E-state index is 12.3. The van der Waals surface area contributed by atoms with E-state index in [0.29, 0.717) is 11.1 Å². The van der Waals surface area contributed by atoms with E-state index in [4.69, 9.17) is 5.26 Å². The fourth-order valence-electron chi connectivity index (χ4n) is 1.31. The summed E-state index contributed by atoms with van der Waals surface area (Å²) >= 11 is 0. The number of alkyl halides is 3. The lowest BCUT2D eigenvalue weighted by Gasteiger charge is -2.01. The van der Waals surface area contributed by atoms with E-state index in [1.54, 1.807) is 0 Å². The third-order valence-corrected chi connectivity index (χ3v) is 2.17. The average Bonchev–Trinajstić information content (AvgIpc) is 2.78. The van der Waals surface area contributed by atoms with E-state index in [0.717, 1.165) is 6.20 Å². The lowest BCUT2D eigenvalue weighted by molar-refractivity contribution is -0.140. The quantitative estimate of drug-likeness (QED) is 0.828. The van der Waals surface area contributed by atoms with Gasteiger partial charge in [-0.2, -0.15) is 18.4 Å². The number of aromatic amines is 1. The molecular weight excluding hydrogens is 231 g/mol. The van der Waals surface area contributed by atoms with Crippen LogP contribution in [0.25, 0.3) is 11.4 Å². The van der Waals surface area contributed by atoms with Crippen molar-refractivity contribution >= 4 is 0 Å². The third kappa shape index (κ3) is 2.28. The molecular formula is C11H6F3N3. The molecule has 0 saturated heterocycles. The zero-order chi connectivity index (χ0) is 12.5. The standard InChI is InChI=1S/C11H6F3N3/c12-11(13,14)9-6-16-10(17-9)8-3-1-7(5-15)2-4-8/h1-4,6H,(H,16,17). The molecule has 1 aromatic carbocycles. The van der Waals surface area contributed by atoms with Crippen LogP contribution in [0.5, 0.6) is 0 Å². The van der Waals surface area contributed by atoms with Crippen LogP contribution in [-0.4, -0.2) is 9.97 Å². The van der Waals surface area contributed by atoms with Gasteiger partial charge in [-0.3, -0.25) is 0 Å². The van der Waals surface area contributed by atoms with Gasteiger partial charge in [-0.15, -0.1) is 0 Å². The molecule has 0 aliphatic carbocycles. The first kappa shape index (κ1) is 11.2. The van der Waals surface area contributed by atoms with Crippen molar-refractivity contribution in [3.05, 3.63) is 41.7 Å². The van der Waals surface area contributed by atoms with Gasteiger partial charge in [-0.25, -0.2) is 4.98 Å². The van der Waals surface area contributed by atoms with Gasteiger partial charge in [-0.05, 0) is 24.3 Å². The zero-order valence-electron chi connectivity index (χ0n) is 8.42. The topological polar surface area (TPSA) is 52.5 Å². The Morgan fingerprint density at radius 2 is 1.82 bits per heavy atom. The van der Waals surface area contributed by atoms with Crippen molar-refractivity contribution in [1.82, 2.24) is 9.97 Å². The molecule has 0 spiro atoms. The Balaban J connectivity index is 2.34. The van der Waals surface area contributed by atoms with Crippen molar-refractivity contribution in [2.24, 2.45) is 0 Å². The van der Waals surface area contributed by atoms with Crippen molar-refractivity contribution in [3.63, 3.8) is 0 Å². The Kier molecular flexibility index (Phi) is 2.60. The van der Waals surface area contributed by atoms with Crippen LogP contribution < -0.4 is 0 Å². The van der Waals surface area contributed by atoms with Gasteiger partial charge in [0.25, 0.3) is 0 Å². The van der Waals surface area contributed by atoms with Crippen molar-refractivity contribution in [2.75, 3.05) is 0 Å². The highest BCUT2D eigenvalue weighted by Crippen LogP contribution is 2.29. The molecule has 0 amide bonds. The Labute approximate surface area is 94.5 Å². The lowest BCUT2D eigenvalue weighted by atomic mass is 10.1. The van der Waals surface area contributed by atoms with E-state index in [9.17, 15) is 13.2 Å². The van der Waals surface area contributed by atoms with Crippen LogP contribution in [0.4, 0.5) is 13.2 Å². The fourth-order valence-corrected chi connectivity index (χ4v) is 1.31. The fraction of sp³-hybridized carbons (Fsp3) is 0.0909. The average molecular weight is 237 g/mol. The second kappa shape index (κ2) is 3.94. The number of aromatic nitrogens is 2. The third-order valence-electron chi connectivity index (χ3n) is 2.17. The number of nitriles is 1. The second-order valence-corrected chi connectivity index (χ2v) is 3.33. The highest BCUT2D eigenvalue weighted by atomic mass is 19.4. The molecule has 0 atom stereocenters. The number of rotatable bonds is 1. The van der Waals surface area contributed by atoms with Crippen molar-refractivity contribution < 1.29 is 13.2 Å². The Morgan fingerprint density at radius 1 is 1.18 bits per heavy atom. The molecule has 0 aliphatic heterocycles. The summed E-state index contributed by atoms with van der Waals surface area (Å²) in [6, 6.07) is 8.04. The molecule has 0 saturated carbocycles. The number of halogens is 3. The molecule has 6 heteroatoms. The van der Waals surface area contributed by atoms with E-state index in [1.807, 2.05) is 6.07 Å². The molecule has 1 N–H and O–H groups in total. The Hall–Kier alpha value is -2.29. The molecule has 0 radical (unpaired) electrons. The minimum Gasteiger partial charge on any atom is -0.334 e. The zero-order valence-corrected chi connectivity index (χ0v) is 8.42. The molecule has 0 aliphatic rings. The van der Waals surface area contributed by atoms with Crippen LogP contribution in [0.1, 0.15) is 11.3 Å². The number of hydrogen-bond acceptors (Lipinski definition) is 2. The molecule has 1 aromatic heterocycles. The van der Waals surface area contributed by atoms with Gasteiger partial charge in [0.2, 0.25) is 0 Å². The van der Waals surface area contributed by atoms with Crippen molar-refractivity contribution in [1.29, 1.82) is 5.26 Å². The Morgan fingerprint density at radius 3 is 2.29 bits per heavy atom. The van der Waals surface area contributed by atoms with Gasteiger partial charge in [-0.1, -0.05) is 0 Å². The summed E-state index contributed by atoms with van der Waals surface area (Å²) in [5.41, 5.74) is 0.0488. The summed E-state index contributed by atoms with van der Waals surface area (Å²) in [7, 11) is 0. The molecule has 2 rings (SSSR count). The first-order valence-electron chi connectivity index (χ1n) is 4.63. The number of H-pyrrole nitrogens is 1. The van der Waals surface area contributed by atoms with Crippen molar-refractivity contribution in [3.8, 4) is 17.5 Å². The SMILES string of the molecule is N#Cc1ccc(-c2ncc(C(F)(F)F)[nH]2)cc1. The van der Waals surface area contributed by atoms with Gasteiger partial charge in [0.1, 0.15) is 11.5 Å². The highest BCUT2D eigenvalue weighted by molar-refractivity contribution is 5.56. The van der Waals surface area contributed by atoms with Crippen LogP contribution in [-0.2, 0) is 6.18 Å². The van der Waals surface area contributed by atoms with Crippen LogP contribution >= 0.6 is 0 Å². The molecule has 0 unspecified atom stereocenters. The summed E-state index contributed by atoms with van der Waals surface area (Å²) in [6.07, 6.45) is -3.69. The van der Waals surface area contributed by atoms with Crippen LogP contribution in [0.15, 0.2) is 30.5 Å². The molecule has 2 aromatic rings. The second-order valence-electron chi connectivity index (χ2n) is 3.33. The van der Waals surface area contributed by atoms with E-state index < -0.39 is 11.9 Å². The molecule has 17 heavy (non-hydrogen) atoms. The van der Waals surface area contributed by atoms with E-state index >= 15 is 0 Å². The van der Waals surface area contributed by atoms with Crippen LogP contribution in [0, 0.1) is 11.3 Å². The number of hydrogen-bond donors (Lipinski definition) is 1. The lowest BCUT2D eigenvalue weighted by Crippen LogP contribution is -2.04. The monoisotopic (exact) mass is 237 g/mol. The number of imidazole rings is 1. The predicted molar refractivity (Wildman–Crippen MR) is 53.7 cm³/mol. The van der Waals surface area contributed by atoms with Gasteiger partial charge in [0.15, 0.2) is 0 Å². The predicted octanol–water partition coefficient (Wildman–Crippen LogP) is 2.97. The molecule has 0 fully saturated rings. The van der Waals surface area contributed by atoms with Crippen LogP contribution in [0.3, 0.4) is 0 Å². The summed E-state index contributed by atoms with van der Waals surface area (Å²) in [5, 5.41) is 8.59. The Bertz CT molecular complexity index is 561. The first-order chi connectivity index (χ1) is 8.00. The minimum absolute atomic E-state index is 0.127. The normalized spacial score (nSPS) is 11.2. The maximum Gasteiger partial charge on any atom is 0.432 e. The van der Waals surface area contributed by atoms with Gasteiger partial charge in [0.05, 0.1) is 17.8 Å². The van der Waals surface area contributed by atoms with Gasteiger partial charge in [0, 0.05) is 5.56 Å². The summed E-state index contributed by atoms with van der Waals surface area (Å²) in [6.45, 7) is 0. The molecule has 0 bridgehead atoms. The smallest absolute Gasteiger partial charge is 0.334 e. The number of benzene rings is 1. The maximum absolute atomic E-state index is 12.3. The first-order valence-corrected chi connectivity index (χ1v) is 4.63. The van der Waals surface area contributed by atoms with E-state index in [2.05, 4.69) is 9.97 Å². The molecule has 3 nitrogen and oxygen atoms in total. The minimum atomic E-state index is -4.43. The van der Waals surface area contributed by atoms with Gasteiger partial charge >= 0.3 is 6.18 Å². The summed E-state index contributed by atoms with van der Waals surface area (Å²) in [5.74, 6) is 0.127. The van der Waals surface area contributed by atoms with E-state index in [1.165, 1.54) is 24.3 Å². The summed E-state index contributed by atoms with van der Waals surface area (Å²) in [4.78, 5) is 5.84. The summed E-state index contributed by atoms with van der Waals surface area (Å²) < 4.78 is 37.0. The number of nitrogens with one attached hydrogen (secondary N) is 1. The largest absolute Gasteiger partial charge is 0.432 e. The number of nitrogens with zero attached hydrogens (tertiary/aromatic N) is 2. The van der Waals surface area contributed by atoms with Crippen LogP contribution in [0.2, 0.25) is 0 Å². The van der Waals surface area contributed by atoms with Gasteiger partial charge < -0.3 is 4.98 Å².